The Labute approximate surface area is 138 Å². The van der Waals surface area contributed by atoms with Gasteiger partial charge in [-0.2, -0.15) is 0 Å². The molecule has 22 heavy (non-hydrogen) atoms. The summed E-state index contributed by atoms with van der Waals surface area (Å²) in [6, 6.07) is 5.59. The fourth-order valence-corrected chi connectivity index (χ4v) is 2.98. The standard InChI is InChI=1S/C18H30O2Si2/c1-18(2,3)22(7,8)20-14-15-9-10-17(19)16(13-15)11-12-21(4,5)6/h9-10,13,19H,14H2,1-8H3. The van der Waals surface area contributed by atoms with E-state index in [0.29, 0.717) is 12.2 Å². The lowest BCUT2D eigenvalue weighted by molar-refractivity contribution is 0.276. The van der Waals surface area contributed by atoms with Crippen LogP contribution in [0.5, 0.6) is 5.75 Å². The van der Waals surface area contributed by atoms with Crippen LogP contribution >= 0.6 is 0 Å². The van der Waals surface area contributed by atoms with E-state index in [4.69, 9.17) is 4.43 Å². The van der Waals surface area contributed by atoms with E-state index in [-0.39, 0.29) is 10.8 Å². The van der Waals surface area contributed by atoms with Crippen LogP contribution in [-0.4, -0.2) is 21.5 Å². The van der Waals surface area contributed by atoms with Gasteiger partial charge >= 0.3 is 0 Å². The third-order valence-corrected chi connectivity index (χ3v) is 9.39. The summed E-state index contributed by atoms with van der Waals surface area (Å²) in [5, 5.41) is 10.2. The number of aromatic hydroxyl groups is 1. The largest absolute Gasteiger partial charge is 0.507 e. The molecule has 0 aliphatic carbocycles. The highest BCUT2D eigenvalue weighted by molar-refractivity contribution is 6.83. The van der Waals surface area contributed by atoms with Gasteiger partial charge in [0, 0.05) is 0 Å². The van der Waals surface area contributed by atoms with Crippen molar-refractivity contribution in [3.8, 4) is 17.2 Å². The first-order valence-corrected chi connectivity index (χ1v) is 14.2. The maximum atomic E-state index is 9.97. The molecule has 1 N–H and O–H groups in total. The molecule has 1 aromatic carbocycles. The van der Waals surface area contributed by atoms with Crippen LogP contribution in [0.25, 0.3) is 0 Å². The average Bonchev–Trinajstić information content (AvgIpc) is 2.34. The Bertz CT molecular complexity index is 582. The molecular formula is C18H30O2Si2. The smallest absolute Gasteiger partial charge is 0.192 e. The summed E-state index contributed by atoms with van der Waals surface area (Å²) in [5.41, 5.74) is 5.08. The molecule has 0 aromatic heterocycles. The zero-order valence-corrected chi connectivity index (χ0v) is 17.3. The molecule has 0 unspecified atom stereocenters. The van der Waals surface area contributed by atoms with E-state index in [2.05, 4.69) is 65.0 Å². The molecule has 0 aliphatic heterocycles. The fraction of sp³-hybridized carbons (Fsp3) is 0.556. The van der Waals surface area contributed by atoms with Gasteiger partial charge in [-0.05, 0) is 35.8 Å². The van der Waals surface area contributed by atoms with E-state index in [1.165, 1.54) is 0 Å². The summed E-state index contributed by atoms with van der Waals surface area (Å²) < 4.78 is 6.24. The summed E-state index contributed by atoms with van der Waals surface area (Å²) >= 11 is 0. The Hall–Kier alpha value is -1.03. The van der Waals surface area contributed by atoms with Crippen LogP contribution < -0.4 is 0 Å². The Morgan fingerprint density at radius 3 is 2.18 bits per heavy atom. The van der Waals surface area contributed by atoms with Crippen LogP contribution in [0.2, 0.25) is 37.8 Å². The first-order chi connectivity index (χ1) is 9.82. The molecule has 0 aliphatic rings. The summed E-state index contributed by atoms with van der Waals surface area (Å²) in [6.45, 7) is 18.4. The molecule has 0 saturated heterocycles. The van der Waals surface area contributed by atoms with Gasteiger partial charge in [-0.3, -0.25) is 0 Å². The number of phenols is 1. The molecule has 0 amide bonds. The van der Waals surface area contributed by atoms with Gasteiger partial charge in [0.1, 0.15) is 13.8 Å². The molecule has 0 spiro atoms. The second kappa shape index (κ2) is 6.61. The first kappa shape index (κ1) is 19.0. The maximum absolute atomic E-state index is 9.97. The molecule has 0 saturated carbocycles. The van der Waals surface area contributed by atoms with E-state index < -0.39 is 16.4 Å². The number of phenolic OH excluding ortho intramolecular Hbond substituents is 1. The van der Waals surface area contributed by atoms with Crippen molar-refractivity contribution in [1.29, 1.82) is 0 Å². The second-order valence-corrected chi connectivity index (χ2v) is 18.0. The molecule has 0 atom stereocenters. The number of hydrogen-bond donors (Lipinski definition) is 1. The lowest BCUT2D eigenvalue weighted by Crippen LogP contribution is -2.40. The van der Waals surface area contributed by atoms with Crippen molar-refractivity contribution >= 4 is 16.4 Å². The van der Waals surface area contributed by atoms with Gasteiger partial charge < -0.3 is 9.53 Å². The van der Waals surface area contributed by atoms with Gasteiger partial charge in [0.15, 0.2) is 8.32 Å². The van der Waals surface area contributed by atoms with Gasteiger partial charge in [0.25, 0.3) is 0 Å². The maximum Gasteiger partial charge on any atom is 0.192 e. The summed E-state index contributed by atoms with van der Waals surface area (Å²) in [4.78, 5) is 0. The molecule has 2 nitrogen and oxygen atoms in total. The molecule has 122 valence electrons. The van der Waals surface area contributed by atoms with Crippen molar-refractivity contribution < 1.29 is 9.53 Å². The van der Waals surface area contributed by atoms with Crippen LogP contribution in [-0.2, 0) is 11.0 Å². The third-order valence-electron chi connectivity index (χ3n) is 4.04. The highest BCUT2D eigenvalue weighted by Crippen LogP contribution is 2.37. The van der Waals surface area contributed by atoms with Crippen molar-refractivity contribution in [2.45, 2.75) is 65.2 Å². The Balaban J connectivity index is 2.93. The normalized spacial score (nSPS) is 12.7. The molecule has 1 aromatic rings. The SMILES string of the molecule is CC(C)(C)[Si](C)(C)OCc1ccc(O)c(C#C[Si](C)(C)C)c1. The Morgan fingerprint density at radius 2 is 1.68 bits per heavy atom. The topological polar surface area (TPSA) is 29.5 Å². The van der Waals surface area contributed by atoms with E-state index in [1.807, 2.05) is 12.1 Å². The van der Waals surface area contributed by atoms with Gasteiger partial charge in [0.05, 0.1) is 12.2 Å². The summed E-state index contributed by atoms with van der Waals surface area (Å²) in [6.07, 6.45) is 0. The van der Waals surface area contributed by atoms with Crippen LogP contribution in [0.15, 0.2) is 18.2 Å². The predicted octanol–water partition coefficient (Wildman–Crippen LogP) is 5.14. The van der Waals surface area contributed by atoms with E-state index >= 15 is 0 Å². The van der Waals surface area contributed by atoms with Crippen LogP contribution in [0, 0.1) is 11.5 Å². The van der Waals surface area contributed by atoms with Crippen molar-refractivity contribution in [2.24, 2.45) is 0 Å². The minimum absolute atomic E-state index is 0.199. The molecule has 0 radical (unpaired) electrons. The zero-order chi connectivity index (χ0) is 17.2. The second-order valence-electron chi connectivity index (χ2n) is 8.40. The van der Waals surface area contributed by atoms with Gasteiger partial charge in [0.2, 0.25) is 0 Å². The Kier molecular flexibility index (Phi) is 5.72. The van der Waals surface area contributed by atoms with Crippen molar-refractivity contribution in [2.75, 3.05) is 0 Å². The number of hydrogen-bond acceptors (Lipinski definition) is 2. The summed E-state index contributed by atoms with van der Waals surface area (Å²) in [5.74, 6) is 3.39. The first-order valence-electron chi connectivity index (χ1n) is 7.81. The van der Waals surface area contributed by atoms with E-state index in [9.17, 15) is 5.11 Å². The molecule has 4 heteroatoms. The third kappa shape index (κ3) is 5.64. The molecule has 1 rings (SSSR count). The highest BCUT2D eigenvalue weighted by Gasteiger charge is 2.37. The molecule has 0 fully saturated rings. The lowest BCUT2D eigenvalue weighted by Gasteiger charge is -2.36. The lowest BCUT2D eigenvalue weighted by atomic mass is 10.1. The van der Waals surface area contributed by atoms with Crippen molar-refractivity contribution in [1.82, 2.24) is 0 Å². The molecule has 0 heterocycles. The minimum atomic E-state index is -1.76. The van der Waals surface area contributed by atoms with Crippen LogP contribution in [0.3, 0.4) is 0 Å². The van der Waals surface area contributed by atoms with Gasteiger partial charge in [-0.1, -0.05) is 52.4 Å². The fourth-order valence-electron chi connectivity index (χ4n) is 1.51. The molecule has 0 bridgehead atoms. The average molecular weight is 335 g/mol. The highest BCUT2D eigenvalue weighted by atomic mass is 28.4. The van der Waals surface area contributed by atoms with E-state index in [1.54, 1.807) is 6.07 Å². The van der Waals surface area contributed by atoms with Crippen LogP contribution in [0.1, 0.15) is 31.9 Å². The van der Waals surface area contributed by atoms with Gasteiger partial charge in [-0.15, -0.1) is 5.54 Å². The predicted molar refractivity (Wildman–Crippen MR) is 100 cm³/mol. The number of benzene rings is 1. The molecular weight excluding hydrogens is 304 g/mol. The van der Waals surface area contributed by atoms with E-state index in [0.717, 1.165) is 5.56 Å². The van der Waals surface area contributed by atoms with Crippen LogP contribution in [0.4, 0.5) is 0 Å². The minimum Gasteiger partial charge on any atom is -0.507 e. The van der Waals surface area contributed by atoms with Gasteiger partial charge in [-0.25, -0.2) is 0 Å². The van der Waals surface area contributed by atoms with Crippen molar-refractivity contribution in [3.05, 3.63) is 29.3 Å². The monoisotopic (exact) mass is 334 g/mol. The van der Waals surface area contributed by atoms with Crippen molar-refractivity contribution in [3.63, 3.8) is 0 Å². The quantitative estimate of drug-likeness (QED) is 0.612. The Morgan fingerprint density at radius 1 is 1.09 bits per heavy atom. The zero-order valence-electron chi connectivity index (χ0n) is 15.3. The number of rotatable bonds is 3. The summed E-state index contributed by atoms with van der Waals surface area (Å²) in [7, 11) is -3.21.